The number of nitrogens with two attached hydrogens (primary N) is 1. The summed E-state index contributed by atoms with van der Waals surface area (Å²) in [5.41, 5.74) is 5.69. The monoisotopic (exact) mass is 322 g/mol. The van der Waals surface area contributed by atoms with Crippen LogP contribution in [0.25, 0.3) is 0 Å². The van der Waals surface area contributed by atoms with Gasteiger partial charge in [0.25, 0.3) is 0 Å². The fraction of sp³-hybridized carbons (Fsp3) is 0.824. The quantitative estimate of drug-likeness (QED) is 0.838. The Labute approximate surface area is 138 Å². The van der Waals surface area contributed by atoms with Gasteiger partial charge in [0.05, 0.1) is 0 Å². The molecule has 1 fully saturated rings. The summed E-state index contributed by atoms with van der Waals surface area (Å²) in [4.78, 5) is 16.5. The van der Waals surface area contributed by atoms with Gasteiger partial charge in [0.2, 0.25) is 11.8 Å². The number of rotatable bonds is 6. The molecule has 1 saturated carbocycles. The summed E-state index contributed by atoms with van der Waals surface area (Å²) in [7, 11) is 0. The summed E-state index contributed by atoms with van der Waals surface area (Å²) >= 11 is 0. The third-order valence-electron chi connectivity index (χ3n) is 4.49. The Hall–Kier alpha value is -1.43. The van der Waals surface area contributed by atoms with E-state index in [2.05, 4.69) is 15.5 Å². The summed E-state index contributed by atoms with van der Waals surface area (Å²) in [6, 6.07) is 0.247. The maximum Gasteiger partial charge on any atom is 0.226 e. The second kappa shape index (κ2) is 7.90. The lowest BCUT2D eigenvalue weighted by Crippen LogP contribution is -2.44. The minimum atomic E-state index is -0.114. The highest BCUT2D eigenvalue weighted by Gasteiger charge is 2.25. The predicted molar refractivity (Wildman–Crippen MR) is 88.9 cm³/mol. The molecule has 0 saturated heterocycles. The van der Waals surface area contributed by atoms with Crippen LogP contribution in [-0.4, -0.2) is 28.6 Å². The molecule has 6 heteroatoms. The number of carbonyl (C=O) groups is 1. The van der Waals surface area contributed by atoms with Gasteiger partial charge in [-0.1, -0.05) is 38.8 Å². The SMILES string of the molecule is CC(C)(C)c1noc(CCCC(=O)NC2CCCCC2CN)n1. The van der Waals surface area contributed by atoms with Crippen LogP contribution >= 0.6 is 0 Å². The number of hydrogen-bond donors (Lipinski definition) is 2. The van der Waals surface area contributed by atoms with E-state index in [-0.39, 0.29) is 17.4 Å². The van der Waals surface area contributed by atoms with Crippen molar-refractivity contribution in [3.05, 3.63) is 11.7 Å². The van der Waals surface area contributed by atoms with Crippen LogP contribution in [0, 0.1) is 5.92 Å². The average molecular weight is 322 g/mol. The van der Waals surface area contributed by atoms with Crippen molar-refractivity contribution in [2.24, 2.45) is 11.7 Å². The van der Waals surface area contributed by atoms with Crippen molar-refractivity contribution in [2.75, 3.05) is 6.54 Å². The third-order valence-corrected chi connectivity index (χ3v) is 4.49. The molecule has 0 aliphatic heterocycles. The Kier molecular flexibility index (Phi) is 6.16. The van der Waals surface area contributed by atoms with Gasteiger partial charge in [-0.3, -0.25) is 4.79 Å². The largest absolute Gasteiger partial charge is 0.353 e. The van der Waals surface area contributed by atoms with Crippen LogP contribution < -0.4 is 11.1 Å². The molecule has 2 atom stereocenters. The molecule has 2 rings (SSSR count). The van der Waals surface area contributed by atoms with Gasteiger partial charge in [0.1, 0.15) is 0 Å². The van der Waals surface area contributed by atoms with Crippen molar-refractivity contribution in [1.82, 2.24) is 15.5 Å². The summed E-state index contributed by atoms with van der Waals surface area (Å²) < 4.78 is 5.25. The highest BCUT2D eigenvalue weighted by atomic mass is 16.5. The first-order valence-corrected chi connectivity index (χ1v) is 8.72. The van der Waals surface area contributed by atoms with Crippen molar-refractivity contribution in [3.8, 4) is 0 Å². The second-order valence-electron chi connectivity index (χ2n) is 7.57. The van der Waals surface area contributed by atoms with Gasteiger partial charge < -0.3 is 15.6 Å². The molecule has 2 unspecified atom stereocenters. The molecule has 6 nitrogen and oxygen atoms in total. The Balaban J connectivity index is 1.73. The van der Waals surface area contributed by atoms with E-state index in [1.807, 2.05) is 20.8 Å². The maximum absolute atomic E-state index is 12.1. The molecule has 1 aliphatic rings. The van der Waals surface area contributed by atoms with Gasteiger partial charge >= 0.3 is 0 Å². The van der Waals surface area contributed by atoms with Gasteiger partial charge in [-0.15, -0.1) is 0 Å². The first-order chi connectivity index (χ1) is 10.9. The first-order valence-electron chi connectivity index (χ1n) is 8.72. The van der Waals surface area contributed by atoms with E-state index in [0.717, 1.165) is 19.3 Å². The lowest BCUT2D eigenvalue weighted by Gasteiger charge is -2.31. The van der Waals surface area contributed by atoms with Crippen molar-refractivity contribution < 1.29 is 9.32 Å². The van der Waals surface area contributed by atoms with Crippen molar-refractivity contribution in [2.45, 2.75) is 77.2 Å². The van der Waals surface area contributed by atoms with Crippen LogP contribution in [0.3, 0.4) is 0 Å². The number of nitrogens with one attached hydrogen (secondary N) is 1. The highest BCUT2D eigenvalue weighted by Crippen LogP contribution is 2.23. The highest BCUT2D eigenvalue weighted by molar-refractivity contribution is 5.76. The zero-order chi connectivity index (χ0) is 16.9. The molecular weight excluding hydrogens is 292 g/mol. The molecule has 1 amide bonds. The molecule has 0 spiro atoms. The number of hydrogen-bond acceptors (Lipinski definition) is 5. The van der Waals surface area contributed by atoms with Crippen LogP contribution in [0.2, 0.25) is 0 Å². The topological polar surface area (TPSA) is 94.0 Å². The lowest BCUT2D eigenvalue weighted by molar-refractivity contribution is -0.122. The van der Waals surface area contributed by atoms with Crippen molar-refractivity contribution in [1.29, 1.82) is 0 Å². The normalized spacial score (nSPS) is 22.1. The molecule has 0 bridgehead atoms. The average Bonchev–Trinajstić information content (AvgIpc) is 2.97. The Morgan fingerprint density at radius 3 is 2.74 bits per heavy atom. The summed E-state index contributed by atoms with van der Waals surface area (Å²) in [5.74, 6) is 1.86. The van der Waals surface area contributed by atoms with Crippen LogP contribution in [0.4, 0.5) is 0 Å². The summed E-state index contributed by atoms with van der Waals surface area (Å²) in [6.45, 7) is 6.80. The van der Waals surface area contributed by atoms with Crippen LogP contribution in [-0.2, 0) is 16.6 Å². The van der Waals surface area contributed by atoms with E-state index in [1.54, 1.807) is 0 Å². The van der Waals surface area contributed by atoms with Gasteiger partial charge in [0.15, 0.2) is 5.82 Å². The van der Waals surface area contributed by atoms with E-state index >= 15 is 0 Å². The van der Waals surface area contributed by atoms with Crippen molar-refractivity contribution in [3.63, 3.8) is 0 Å². The van der Waals surface area contributed by atoms with E-state index in [4.69, 9.17) is 10.3 Å². The Morgan fingerprint density at radius 1 is 1.35 bits per heavy atom. The standard InChI is InChI=1S/C17H30N4O2/c1-17(2,3)16-20-15(23-21-16)10-6-9-14(22)19-13-8-5-4-7-12(13)11-18/h12-13H,4-11,18H2,1-3H3,(H,19,22). The second-order valence-corrected chi connectivity index (χ2v) is 7.57. The van der Waals surface area contributed by atoms with Gasteiger partial charge in [-0.25, -0.2) is 0 Å². The number of aryl methyl sites for hydroxylation is 1. The van der Waals surface area contributed by atoms with Gasteiger partial charge in [-0.2, -0.15) is 4.98 Å². The zero-order valence-electron chi connectivity index (χ0n) is 14.6. The molecule has 0 aromatic carbocycles. The fourth-order valence-electron chi connectivity index (χ4n) is 3.02. The molecule has 1 aliphatic carbocycles. The Bertz CT molecular complexity index is 507. The van der Waals surface area contributed by atoms with Gasteiger partial charge in [0, 0.05) is 24.3 Å². The molecule has 0 radical (unpaired) electrons. The van der Waals surface area contributed by atoms with Crippen molar-refractivity contribution >= 4 is 5.91 Å². The molecule has 1 aromatic rings. The zero-order valence-corrected chi connectivity index (χ0v) is 14.6. The number of aromatic nitrogens is 2. The molecule has 3 N–H and O–H groups in total. The van der Waals surface area contributed by atoms with Gasteiger partial charge in [-0.05, 0) is 31.7 Å². The maximum atomic E-state index is 12.1. The Morgan fingerprint density at radius 2 is 2.09 bits per heavy atom. The fourth-order valence-corrected chi connectivity index (χ4v) is 3.02. The van der Waals surface area contributed by atoms with Crippen LogP contribution in [0.15, 0.2) is 4.52 Å². The predicted octanol–water partition coefficient (Wildman–Crippen LogP) is 2.32. The molecule has 23 heavy (non-hydrogen) atoms. The molecular formula is C17H30N4O2. The number of nitrogens with zero attached hydrogens (tertiary/aromatic N) is 2. The minimum absolute atomic E-state index is 0.103. The molecule has 1 aromatic heterocycles. The van der Waals surface area contributed by atoms with E-state index < -0.39 is 0 Å². The smallest absolute Gasteiger partial charge is 0.226 e. The van der Waals surface area contributed by atoms with E-state index in [0.29, 0.717) is 37.0 Å². The van der Waals surface area contributed by atoms with E-state index in [9.17, 15) is 4.79 Å². The minimum Gasteiger partial charge on any atom is -0.353 e. The van der Waals surface area contributed by atoms with Crippen LogP contribution in [0.5, 0.6) is 0 Å². The number of amides is 1. The van der Waals surface area contributed by atoms with Crippen LogP contribution in [0.1, 0.15) is 71.0 Å². The molecule has 130 valence electrons. The lowest BCUT2D eigenvalue weighted by atomic mass is 9.84. The first kappa shape index (κ1) is 17.9. The summed E-state index contributed by atoms with van der Waals surface area (Å²) in [6.07, 6.45) is 6.42. The van der Waals surface area contributed by atoms with E-state index in [1.165, 1.54) is 12.8 Å². The third kappa shape index (κ3) is 5.30. The number of carbonyl (C=O) groups excluding carboxylic acids is 1. The summed E-state index contributed by atoms with van der Waals surface area (Å²) in [5, 5.41) is 7.15. The molecule has 1 heterocycles.